The van der Waals surface area contributed by atoms with Gasteiger partial charge in [0.1, 0.15) is 5.82 Å². The summed E-state index contributed by atoms with van der Waals surface area (Å²) in [6, 6.07) is 5.89. The molecule has 2 aromatic rings. The molecule has 0 radical (unpaired) electrons. The largest absolute Gasteiger partial charge is 0.396 e. The number of hydrogen-bond donors (Lipinski definition) is 3. The highest BCUT2D eigenvalue weighted by Crippen LogP contribution is 2.22. The summed E-state index contributed by atoms with van der Waals surface area (Å²) in [5.74, 6) is -0.550. The zero-order valence-electron chi connectivity index (χ0n) is 13.4. The maximum absolute atomic E-state index is 13.0. The number of carbonyl (C=O) groups is 1. The molecule has 3 N–H and O–H groups in total. The van der Waals surface area contributed by atoms with Gasteiger partial charge in [0.05, 0.1) is 17.5 Å². The van der Waals surface area contributed by atoms with Crippen LogP contribution in [0.25, 0.3) is 11.3 Å². The lowest BCUT2D eigenvalue weighted by Gasteiger charge is -2.21. The second-order valence-corrected chi connectivity index (χ2v) is 6.35. The topological polar surface area (TPSA) is 78.0 Å². The number of aliphatic hydroxyl groups excluding tert-OH is 1. The molecule has 1 amide bonds. The zero-order valence-corrected chi connectivity index (χ0v) is 13.4. The zero-order chi connectivity index (χ0) is 16.9. The molecular formula is C17H22FN3O2. The molecule has 0 saturated heterocycles. The summed E-state index contributed by atoms with van der Waals surface area (Å²) in [5, 5.41) is 18.7. The second-order valence-electron chi connectivity index (χ2n) is 6.35. The van der Waals surface area contributed by atoms with Crippen molar-refractivity contribution in [1.29, 1.82) is 0 Å². The number of nitrogens with one attached hydrogen (secondary N) is 2. The van der Waals surface area contributed by atoms with Crippen molar-refractivity contribution in [2.45, 2.75) is 26.7 Å². The highest BCUT2D eigenvalue weighted by atomic mass is 19.1. The molecule has 124 valence electrons. The molecule has 5 nitrogen and oxygen atoms in total. The van der Waals surface area contributed by atoms with Crippen LogP contribution in [0.15, 0.2) is 30.5 Å². The van der Waals surface area contributed by atoms with Crippen LogP contribution in [-0.4, -0.2) is 34.4 Å². The van der Waals surface area contributed by atoms with E-state index in [1.165, 1.54) is 18.3 Å². The van der Waals surface area contributed by atoms with E-state index in [1.54, 1.807) is 12.1 Å². The smallest absolute Gasteiger partial charge is 0.255 e. The van der Waals surface area contributed by atoms with Crippen LogP contribution < -0.4 is 5.32 Å². The molecule has 0 atom stereocenters. The molecule has 23 heavy (non-hydrogen) atoms. The van der Waals surface area contributed by atoms with Gasteiger partial charge in [0.2, 0.25) is 0 Å². The van der Waals surface area contributed by atoms with Gasteiger partial charge in [0.25, 0.3) is 5.91 Å². The van der Waals surface area contributed by atoms with Gasteiger partial charge in [0, 0.05) is 18.7 Å². The normalized spacial score (nSPS) is 11.5. The fourth-order valence-electron chi connectivity index (χ4n) is 2.24. The van der Waals surface area contributed by atoms with Gasteiger partial charge in [-0.2, -0.15) is 5.10 Å². The molecule has 0 saturated carbocycles. The molecule has 0 aliphatic heterocycles. The van der Waals surface area contributed by atoms with Crippen LogP contribution >= 0.6 is 0 Å². The molecule has 0 fully saturated rings. The Morgan fingerprint density at radius 2 is 2.04 bits per heavy atom. The Kier molecular flexibility index (Phi) is 5.50. The van der Waals surface area contributed by atoms with Crippen molar-refractivity contribution in [3.63, 3.8) is 0 Å². The second kappa shape index (κ2) is 7.37. The minimum Gasteiger partial charge on any atom is -0.396 e. The number of aromatic nitrogens is 2. The minimum absolute atomic E-state index is 0.122. The SMILES string of the molecule is CC(C)(CO)CCCNC(=O)c1cn[nH]c1-c1ccc(F)cc1. The van der Waals surface area contributed by atoms with Crippen molar-refractivity contribution >= 4 is 5.91 Å². The summed E-state index contributed by atoms with van der Waals surface area (Å²) in [5.41, 5.74) is 1.56. The van der Waals surface area contributed by atoms with Crippen molar-refractivity contribution in [2.75, 3.05) is 13.2 Å². The van der Waals surface area contributed by atoms with Crippen molar-refractivity contribution in [2.24, 2.45) is 5.41 Å². The number of halogens is 1. The summed E-state index contributed by atoms with van der Waals surface area (Å²) in [7, 11) is 0. The summed E-state index contributed by atoms with van der Waals surface area (Å²) in [6.45, 7) is 4.61. The highest BCUT2D eigenvalue weighted by molar-refractivity contribution is 5.99. The maximum atomic E-state index is 13.0. The van der Waals surface area contributed by atoms with E-state index in [9.17, 15) is 14.3 Å². The van der Waals surface area contributed by atoms with Gasteiger partial charge in [-0.15, -0.1) is 0 Å². The average Bonchev–Trinajstić information content (AvgIpc) is 3.02. The number of rotatable bonds is 7. The summed E-state index contributed by atoms with van der Waals surface area (Å²) < 4.78 is 13.0. The summed E-state index contributed by atoms with van der Waals surface area (Å²) in [6.07, 6.45) is 3.06. The molecule has 1 aromatic carbocycles. The highest BCUT2D eigenvalue weighted by Gasteiger charge is 2.17. The number of aliphatic hydroxyl groups is 1. The first-order chi connectivity index (χ1) is 10.9. The van der Waals surface area contributed by atoms with Gasteiger partial charge in [-0.05, 0) is 42.5 Å². The van der Waals surface area contributed by atoms with Gasteiger partial charge < -0.3 is 10.4 Å². The van der Waals surface area contributed by atoms with Crippen molar-refractivity contribution in [3.8, 4) is 11.3 Å². The molecule has 0 aliphatic carbocycles. The van der Waals surface area contributed by atoms with Crippen LogP contribution in [0.4, 0.5) is 4.39 Å². The standard InChI is InChI=1S/C17H22FN3O2/c1-17(2,11-22)8-3-9-19-16(23)14-10-20-21-15(14)12-4-6-13(18)7-5-12/h4-7,10,22H,3,8-9,11H2,1-2H3,(H,19,23)(H,20,21). The first-order valence-electron chi connectivity index (χ1n) is 7.61. The van der Waals surface area contributed by atoms with E-state index in [1.807, 2.05) is 13.8 Å². The van der Waals surface area contributed by atoms with E-state index in [-0.39, 0.29) is 23.7 Å². The van der Waals surface area contributed by atoms with Crippen LogP contribution in [0.1, 0.15) is 37.0 Å². The number of hydrogen-bond acceptors (Lipinski definition) is 3. The lowest BCUT2D eigenvalue weighted by Crippen LogP contribution is -2.26. The van der Waals surface area contributed by atoms with Gasteiger partial charge in [-0.3, -0.25) is 9.89 Å². The number of aromatic amines is 1. The van der Waals surface area contributed by atoms with E-state index in [0.717, 1.165) is 12.8 Å². The minimum atomic E-state index is -0.328. The lowest BCUT2D eigenvalue weighted by atomic mass is 9.89. The Bertz CT molecular complexity index is 650. The molecule has 0 spiro atoms. The Hall–Kier alpha value is -2.21. The van der Waals surface area contributed by atoms with Crippen molar-refractivity contribution in [3.05, 3.63) is 41.8 Å². The first-order valence-corrected chi connectivity index (χ1v) is 7.61. The lowest BCUT2D eigenvalue weighted by molar-refractivity contribution is 0.0949. The van der Waals surface area contributed by atoms with E-state index in [2.05, 4.69) is 15.5 Å². The van der Waals surface area contributed by atoms with Gasteiger partial charge in [0.15, 0.2) is 0 Å². The number of benzene rings is 1. The van der Waals surface area contributed by atoms with E-state index in [4.69, 9.17) is 0 Å². The molecule has 0 unspecified atom stereocenters. The van der Waals surface area contributed by atoms with Crippen LogP contribution in [0.5, 0.6) is 0 Å². The molecule has 0 bridgehead atoms. The monoisotopic (exact) mass is 319 g/mol. The Labute approximate surface area is 134 Å². The molecule has 1 heterocycles. The van der Waals surface area contributed by atoms with E-state index in [0.29, 0.717) is 23.4 Å². The number of amides is 1. The van der Waals surface area contributed by atoms with E-state index < -0.39 is 0 Å². The molecule has 0 aliphatic rings. The Balaban J connectivity index is 1.96. The van der Waals surface area contributed by atoms with Crippen LogP contribution in [-0.2, 0) is 0 Å². The fourth-order valence-corrected chi connectivity index (χ4v) is 2.24. The summed E-state index contributed by atoms with van der Waals surface area (Å²) >= 11 is 0. The molecular weight excluding hydrogens is 297 g/mol. The predicted molar refractivity (Wildman–Crippen MR) is 86.4 cm³/mol. The molecule has 6 heteroatoms. The van der Waals surface area contributed by atoms with Crippen LogP contribution in [0.3, 0.4) is 0 Å². The van der Waals surface area contributed by atoms with Crippen LogP contribution in [0, 0.1) is 11.2 Å². The number of carbonyl (C=O) groups excluding carboxylic acids is 1. The van der Waals surface area contributed by atoms with Crippen LogP contribution in [0.2, 0.25) is 0 Å². The fraction of sp³-hybridized carbons (Fsp3) is 0.412. The third-order valence-electron chi connectivity index (χ3n) is 3.76. The Morgan fingerprint density at radius 3 is 2.70 bits per heavy atom. The maximum Gasteiger partial charge on any atom is 0.255 e. The third-order valence-corrected chi connectivity index (χ3v) is 3.76. The quantitative estimate of drug-likeness (QED) is 0.687. The molecule has 1 aromatic heterocycles. The Morgan fingerprint density at radius 1 is 1.35 bits per heavy atom. The predicted octanol–water partition coefficient (Wildman–Crippen LogP) is 2.74. The van der Waals surface area contributed by atoms with Gasteiger partial charge in [-0.1, -0.05) is 13.8 Å². The van der Waals surface area contributed by atoms with E-state index >= 15 is 0 Å². The van der Waals surface area contributed by atoms with Crippen molar-refractivity contribution < 1.29 is 14.3 Å². The number of nitrogens with zero attached hydrogens (tertiary/aromatic N) is 1. The average molecular weight is 319 g/mol. The van der Waals surface area contributed by atoms with Gasteiger partial charge >= 0.3 is 0 Å². The first kappa shape index (κ1) is 17.1. The summed E-state index contributed by atoms with van der Waals surface area (Å²) in [4.78, 5) is 12.3. The number of H-pyrrole nitrogens is 1. The van der Waals surface area contributed by atoms with Crippen molar-refractivity contribution in [1.82, 2.24) is 15.5 Å². The van der Waals surface area contributed by atoms with Gasteiger partial charge in [-0.25, -0.2) is 4.39 Å². The third kappa shape index (κ3) is 4.63. The molecule has 2 rings (SSSR count).